The first kappa shape index (κ1) is 28.2. The van der Waals surface area contributed by atoms with Crippen LogP contribution in [-0.4, -0.2) is 93.6 Å². The van der Waals surface area contributed by atoms with Crippen LogP contribution in [0.1, 0.15) is 6.42 Å². The van der Waals surface area contributed by atoms with Gasteiger partial charge in [-0.1, -0.05) is 35.5 Å². The van der Waals surface area contributed by atoms with Gasteiger partial charge in [0.05, 0.1) is 43.1 Å². The summed E-state index contributed by atoms with van der Waals surface area (Å²) in [6.07, 6.45) is 1.16. The zero-order valence-corrected chi connectivity index (χ0v) is 22.5. The first-order valence-corrected chi connectivity index (χ1v) is 15.4. The van der Waals surface area contributed by atoms with Crippen molar-refractivity contribution in [2.45, 2.75) is 16.2 Å². The van der Waals surface area contributed by atoms with Gasteiger partial charge in [-0.2, -0.15) is 0 Å². The summed E-state index contributed by atoms with van der Waals surface area (Å²) in [7, 11) is -6.96. The molecule has 0 aromatic heterocycles. The Kier molecular flexibility index (Phi) is 9.86. The highest BCUT2D eigenvalue weighted by Crippen LogP contribution is 2.48. The average molecular weight is 562 g/mol. The van der Waals surface area contributed by atoms with E-state index < -0.39 is 31.7 Å². The van der Waals surface area contributed by atoms with Gasteiger partial charge in [-0.15, -0.1) is 0 Å². The third-order valence-electron chi connectivity index (χ3n) is 5.62. The fourth-order valence-corrected chi connectivity index (χ4v) is 6.65. The van der Waals surface area contributed by atoms with Crippen molar-refractivity contribution in [3.63, 3.8) is 0 Å². The van der Waals surface area contributed by atoms with E-state index in [0.717, 1.165) is 24.5 Å². The second-order valence-electron chi connectivity index (χ2n) is 8.36. The highest BCUT2D eigenvalue weighted by molar-refractivity contribution is 7.99. The minimum absolute atomic E-state index is 0.808. The van der Waals surface area contributed by atoms with Crippen molar-refractivity contribution >= 4 is 55.0 Å². The summed E-state index contributed by atoms with van der Waals surface area (Å²) in [5.74, 6) is -2.31. The molecule has 35 heavy (non-hydrogen) atoms. The van der Waals surface area contributed by atoms with E-state index in [0.29, 0.717) is 0 Å². The third-order valence-corrected chi connectivity index (χ3v) is 8.66. The lowest BCUT2D eigenvalue weighted by Gasteiger charge is -2.35. The normalized spacial score (nSPS) is 16.7. The molecule has 0 saturated carbocycles. The molecule has 9 nitrogen and oxygen atoms in total. The molecule has 1 fully saturated rings. The van der Waals surface area contributed by atoms with Crippen LogP contribution in [0.3, 0.4) is 0 Å². The van der Waals surface area contributed by atoms with Gasteiger partial charge in [0.2, 0.25) is 0 Å². The molecule has 194 valence electrons. The van der Waals surface area contributed by atoms with Crippen LogP contribution < -0.4 is 4.90 Å². The van der Waals surface area contributed by atoms with Crippen LogP contribution in [-0.2, 0) is 20.2 Å². The number of benzene rings is 2. The van der Waals surface area contributed by atoms with Crippen LogP contribution in [0.4, 0.5) is 11.4 Å². The number of para-hydroxylation sites is 1. The lowest BCUT2D eigenvalue weighted by atomic mass is 10.2. The predicted octanol–water partition coefficient (Wildman–Crippen LogP) is 2.66. The minimum atomic E-state index is -4.59. The molecular weight excluding hydrogens is 534 g/mol. The summed E-state index contributed by atoms with van der Waals surface area (Å²) in [6, 6.07) is 14.9. The van der Waals surface area contributed by atoms with Gasteiger partial charge in [0, 0.05) is 47.5 Å². The molecule has 0 N–H and O–H groups in total. The van der Waals surface area contributed by atoms with Gasteiger partial charge in [-0.3, -0.25) is 0 Å². The van der Waals surface area contributed by atoms with Gasteiger partial charge in [-0.05, 0) is 50.3 Å². The van der Waals surface area contributed by atoms with Crippen molar-refractivity contribution in [1.29, 1.82) is 0 Å². The summed E-state index contributed by atoms with van der Waals surface area (Å²) >= 11 is 8.13. The van der Waals surface area contributed by atoms with Gasteiger partial charge >= 0.3 is 0 Å². The molecular formula is C22H28ClN3O6S3-2. The highest BCUT2D eigenvalue weighted by atomic mass is 35.5. The van der Waals surface area contributed by atoms with Gasteiger partial charge in [0.1, 0.15) is 0 Å². The number of piperazine rings is 1. The topological polar surface area (TPSA) is 124 Å². The van der Waals surface area contributed by atoms with Crippen LogP contribution in [0.2, 0.25) is 5.02 Å². The Balaban J connectivity index is 0.000000292. The van der Waals surface area contributed by atoms with Crippen LogP contribution in [0.25, 0.3) is 0 Å². The largest absolute Gasteiger partial charge is 0.748 e. The number of rotatable bonds is 7. The summed E-state index contributed by atoms with van der Waals surface area (Å²) in [5, 5.41) is 0.808. The number of hydrogen-bond donors (Lipinski definition) is 0. The summed E-state index contributed by atoms with van der Waals surface area (Å²) in [4.78, 5) is 10.1. The first-order chi connectivity index (χ1) is 16.4. The van der Waals surface area contributed by atoms with E-state index in [2.05, 4.69) is 58.1 Å². The first-order valence-electron chi connectivity index (χ1n) is 11.0. The Morgan fingerprint density at radius 3 is 2.09 bits per heavy atom. The van der Waals surface area contributed by atoms with E-state index >= 15 is 0 Å². The van der Waals surface area contributed by atoms with E-state index in [1.165, 1.54) is 47.3 Å². The molecule has 0 atom stereocenters. The Morgan fingerprint density at radius 2 is 1.46 bits per heavy atom. The van der Waals surface area contributed by atoms with Gasteiger partial charge in [0.15, 0.2) is 0 Å². The second kappa shape index (κ2) is 12.2. The van der Waals surface area contributed by atoms with Crippen molar-refractivity contribution in [3.8, 4) is 0 Å². The molecule has 2 aromatic rings. The fourth-order valence-electron chi connectivity index (χ4n) is 3.77. The molecule has 2 aliphatic heterocycles. The van der Waals surface area contributed by atoms with Gasteiger partial charge < -0.3 is 23.8 Å². The van der Waals surface area contributed by atoms with Crippen molar-refractivity contribution in [2.75, 3.05) is 62.7 Å². The van der Waals surface area contributed by atoms with Gasteiger partial charge in [-0.25, -0.2) is 16.8 Å². The van der Waals surface area contributed by atoms with Crippen molar-refractivity contribution in [3.05, 3.63) is 47.5 Å². The highest BCUT2D eigenvalue weighted by Gasteiger charge is 2.23. The Bertz CT molecular complexity index is 1190. The predicted molar refractivity (Wildman–Crippen MR) is 137 cm³/mol. The van der Waals surface area contributed by atoms with Gasteiger partial charge in [0.25, 0.3) is 0 Å². The zero-order valence-electron chi connectivity index (χ0n) is 19.3. The molecule has 0 amide bonds. The van der Waals surface area contributed by atoms with Crippen molar-refractivity contribution in [2.24, 2.45) is 0 Å². The molecule has 0 radical (unpaired) electrons. The molecule has 4 rings (SSSR count). The van der Waals surface area contributed by atoms with E-state index in [9.17, 15) is 25.9 Å². The van der Waals surface area contributed by atoms with Crippen LogP contribution in [0, 0.1) is 0 Å². The van der Waals surface area contributed by atoms with E-state index in [1.807, 2.05) is 17.8 Å². The maximum Gasteiger partial charge on any atom is 0.0955 e. The number of nitrogens with zero attached hydrogens (tertiary/aromatic N) is 3. The van der Waals surface area contributed by atoms with E-state index in [1.54, 1.807) is 0 Å². The number of hydrogen-bond acceptors (Lipinski definition) is 10. The summed E-state index contributed by atoms with van der Waals surface area (Å²) in [6.45, 7) is 6.92. The zero-order chi connectivity index (χ0) is 25.6. The summed E-state index contributed by atoms with van der Waals surface area (Å²) in [5.41, 5.74) is 2.55. The molecule has 0 spiro atoms. The lowest BCUT2D eigenvalue weighted by Crippen LogP contribution is -2.45. The molecule has 2 aliphatic rings. The Morgan fingerprint density at radius 1 is 0.857 bits per heavy atom. The van der Waals surface area contributed by atoms with Crippen molar-refractivity contribution < 1.29 is 25.9 Å². The molecule has 2 heterocycles. The maximum absolute atomic E-state index is 9.72. The van der Waals surface area contributed by atoms with Crippen LogP contribution in [0.5, 0.6) is 0 Å². The average Bonchev–Trinajstić information content (AvgIpc) is 2.78. The maximum atomic E-state index is 9.72. The number of likely N-dealkylation sites (N-methyl/N-ethyl adjacent to an activating group) is 1. The standard InChI is InChI=1S/C20H24ClN3S.C2H6O6S2/c1-22-11-13-23(14-12-22)9-4-10-24-17-5-2-3-6-19(17)25-20-8-7-16(21)15-18(20)24;3-9(4,5)1-2-10(6,7)8/h2-3,5-8,15H,4,9-14H2,1H3;1-2H2,(H,3,4,5)(H,6,7,8)/p-2. The smallest absolute Gasteiger partial charge is 0.0955 e. The van der Waals surface area contributed by atoms with E-state index in [-0.39, 0.29) is 0 Å². The molecule has 2 aromatic carbocycles. The quantitative estimate of drug-likeness (QED) is 0.466. The van der Waals surface area contributed by atoms with E-state index in [4.69, 9.17) is 11.6 Å². The number of anilines is 2. The fraction of sp³-hybridized carbons (Fsp3) is 0.455. The molecule has 0 bridgehead atoms. The number of halogens is 1. The monoisotopic (exact) mass is 561 g/mol. The summed E-state index contributed by atoms with van der Waals surface area (Å²) < 4.78 is 58.3. The molecule has 0 aliphatic carbocycles. The number of fused-ring (bicyclic) bond motifs is 2. The molecule has 1 saturated heterocycles. The second-order valence-corrected chi connectivity index (χ2v) is 12.9. The molecule has 13 heteroatoms. The van der Waals surface area contributed by atoms with Crippen LogP contribution in [0.15, 0.2) is 52.3 Å². The molecule has 0 unspecified atom stereocenters. The third kappa shape index (κ3) is 9.21. The van der Waals surface area contributed by atoms with Crippen LogP contribution >= 0.6 is 23.4 Å². The Labute approximate surface area is 216 Å². The minimum Gasteiger partial charge on any atom is -0.748 e. The Hall–Kier alpha value is -1.38. The lowest BCUT2D eigenvalue weighted by molar-refractivity contribution is 0.153. The van der Waals surface area contributed by atoms with Crippen molar-refractivity contribution in [1.82, 2.24) is 9.80 Å². The SMILES string of the molecule is CN1CCN(CCCN2c3ccccc3Sc3ccc(Cl)cc32)CC1.O=S(=O)([O-])CCS(=O)(=O)[O-].